The molecule has 0 bridgehead atoms. The summed E-state index contributed by atoms with van der Waals surface area (Å²) in [5.74, 6) is 0. The van der Waals surface area contributed by atoms with Crippen LogP contribution < -0.4 is 0 Å². The van der Waals surface area contributed by atoms with Crippen LogP contribution >= 0.6 is 0 Å². The van der Waals surface area contributed by atoms with Crippen molar-refractivity contribution in [1.29, 1.82) is 0 Å². The Balaban J connectivity index is -0.0000000800. The van der Waals surface area contributed by atoms with Crippen molar-refractivity contribution in [2.45, 2.75) is 24.4 Å². The normalized spacial score (nSPS) is 5.67. The molecule has 0 heterocycles. The van der Waals surface area contributed by atoms with Gasteiger partial charge in [-0.15, -0.1) is 0 Å². The molecule has 32 valence electrons. The maximum absolute atomic E-state index is 2.25. The zero-order chi connectivity index (χ0) is 4.12. The molecule has 0 saturated carbocycles. The van der Waals surface area contributed by atoms with Gasteiger partial charge >= 0.3 is 69.2 Å². The summed E-state index contributed by atoms with van der Waals surface area (Å²) in [6.07, 6.45) is 0. The molecule has 0 amide bonds. The van der Waals surface area contributed by atoms with E-state index in [4.69, 9.17) is 0 Å². The summed E-state index contributed by atoms with van der Waals surface area (Å²) in [7, 11) is 0. The second kappa shape index (κ2) is 9.73. The molecule has 0 aromatic heterocycles. The van der Waals surface area contributed by atoms with Gasteiger partial charge in [0.1, 0.15) is 0 Å². The van der Waals surface area contributed by atoms with E-state index in [0.29, 0.717) is 0 Å². The Labute approximate surface area is 70.2 Å². The summed E-state index contributed by atoms with van der Waals surface area (Å²) in [4.78, 5) is 0. The molecule has 0 unspecified atom stereocenters. The van der Waals surface area contributed by atoms with E-state index in [0.717, 1.165) is 15.2 Å². The summed E-state index contributed by atoms with van der Waals surface area (Å²) in [6.45, 7) is 4.50. The molecule has 0 spiro atoms. The van der Waals surface area contributed by atoms with Crippen LogP contribution in [0.4, 0.5) is 0 Å². The van der Waals surface area contributed by atoms with Gasteiger partial charge in [-0.3, -0.25) is 0 Å². The summed E-state index contributed by atoms with van der Waals surface area (Å²) in [5.41, 5.74) is 0. The fourth-order valence-electron chi connectivity index (χ4n) is 0.289. The first-order valence-electron chi connectivity index (χ1n) is 2.23. The fourth-order valence-corrected chi connectivity index (χ4v) is 0.866. The molecule has 0 aliphatic heterocycles. The van der Waals surface area contributed by atoms with E-state index in [-0.39, 0.29) is 31.0 Å². The Hall–Kier alpha value is 1.53. The Kier molecular flexibility index (Phi) is 17.0. The monoisotopic (exact) mass is 110 g/mol. The van der Waals surface area contributed by atoms with Crippen LogP contribution in [-0.2, 0) is 0 Å². The number of hydrogen-bond acceptors (Lipinski definition) is 0. The van der Waals surface area contributed by atoms with Crippen LogP contribution in [-0.4, -0.2) is 44.8 Å². The molecule has 0 aromatic carbocycles. The minimum absolute atomic E-state index is 0. The average molecular weight is 110 g/mol. The van der Waals surface area contributed by atoms with Gasteiger partial charge in [0.25, 0.3) is 0 Å². The predicted octanol–water partition coefficient (Wildman–Crippen LogP) is 1.03. The Morgan fingerprint density at radius 1 is 1.33 bits per heavy atom. The molecule has 0 aliphatic carbocycles. The quantitative estimate of drug-likeness (QED) is 0.466. The molecule has 0 atom stereocenters. The van der Waals surface area contributed by atoms with E-state index >= 15 is 0 Å². The molecule has 0 aliphatic rings. The molecule has 2 heteroatoms. The minimum atomic E-state index is 0. The summed E-state index contributed by atoms with van der Waals surface area (Å²) < 4.78 is 0. The second-order valence-corrected chi connectivity index (χ2v) is 3.32. The van der Waals surface area contributed by atoms with Gasteiger partial charge in [-0.1, -0.05) is 0 Å². The van der Waals surface area contributed by atoms with Crippen LogP contribution in [0.3, 0.4) is 0 Å². The van der Waals surface area contributed by atoms with Crippen molar-refractivity contribution in [3.63, 3.8) is 0 Å². The second-order valence-electron chi connectivity index (χ2n) is 1.11. The Morgan fingerprint density at radius 2 is 1.67 bits per heavy atom. The molecule has 0 radical (unpaired) electrons. The molecule has 6 heavy (non-hydrogen) atoms. The van der Waals surface area contributed by atoms with Crippen molar-refractivity contribution in [1.82, 2.24) is 0 Å². The third-order valence-corrected chi connectivity index (χ3v) is 1.73. The Bertz CT molecular complexity index is 19.2. The first-order chi connectivity index (χ1) is 2.41. The van der Waals surface area contributed by atoms with Gasteiger partial charge in [-0.2, -0.15) is 0 Å². The van der Waals surface area contributed by atoms with E-state index in [1.807, 2.05) is 0 Å². The summed E-state index contributed by atoms with van der Waals surface area (Å²) >= 11 is 0.815. The molecular formula is C4H12AlNa. The van der Waals surface area contributed by atoms with Gasteiger partial charge in [0, 0.05) is 0 Å². The van der Waals surface area contributed by atoms with E-state index in [1.165, 1.54) is 10.6 Å². The molecule has 0 nitrogen and oxygen atoms in total. The SMILES string of the molecule is C[CH2][Al+][CH2]C.[H-].[NaH]. The van der Waals surface area contributed by atoms with Crippen molar-refractivity contribution in [2.24, 2.45) is 0 Å². The van der Waals surface area contributed by atoms with Crippen molar-refractivity contribution < 1.29 is 1.43 Å². The molecule has 0 fully saturated rings. The van der Waals surface area contributed by atoms with Crippen LogP contribution in [0.1, 0.15) is 15.3 Å². The maximum atomic E-state index is 2.25. The zero-order valence-electron chi connectivity index (χ0n) is 4.99. The topological polar surface area (TPSA) is 0 Å². The summed E-state index contributed by atoms with van der Waals surface area (Å²) in [6, 6.07) is 0. The van der Waals surface area contributed by atoms with E-state index in [1.54, 1.807) is 0 Å². The Morgan fingerprint density at radius 3 is 1.67 bits per heavy atom. The molecule has 0 aromatic rings. The first kappa shape index (κ1) is 10.5. The number of rotatable bonds is 2. The zero-order valence-corrected chi connectivity index (χ0v) is 5.15. The molecule has 0 N–H and O–H groups in total. The van der Waals surface area contributed by atoms with Crippen LogP contribution in [0.2, 0.25) is 10.6 Å². The van der Waals surface area contributed by atoms with Crippen LogP contribution in [0.15, 0.2) is 0 Å². The van der Waals surface area contributed by atoms with Crippen molar-refractivity contribution >= 4 is 44.8 Å². The standard InChI is InChI=1S/2C2H5.Al.Na.2H/c2*1-2;;;;/h2*1H2,2H3;;;;/q;;+1;;;-1. The molecular weight excluding hydrogens is 98.0 g/mol. The summed E-state index contributed by atoms with van der Waals surface area (Å²) in [5, 5.41) is 2.85. The predicted molar refractivity (Wildman–Crippen MR) is 35.0 cm³/mol. The first-order valence-corrected chi connectivity index (χ1v) is 3.86. The third kappa shape index (κ3) is 9.11. The van der Waals surface area contributed by atoms with Gasteiger partial charge in [-0.05, 0) is 0 Å². The van der Waals surface area contributed by atoms with E-state index in [2.05, 4.69) is 13.8 Å². The van der Waals surface area contributed by atoms with Crippen molar-refractivity contribution in [3.05, 3.63) is 0 Å². The number of hydrogen-bond donors (Lipinski definition) is 0. The van der Waals surface area contributed by atoms with Gasteiger partial charge in [0.15, 0.2) is 0 Å². The fraction of sp³-hybridized carbons (Fsp3) is 1.00. The van der Waals surface area contributed by atoms with Crippen LogP contribution in [0, 0.1) is 0 Å². The van der Waals surface area contributed by atoms with E-state index < -0.39 is 0 Å². The molecule has 0 rings (SSSR count). The van der Waals surface area contributed by atoms with Gasteiger partial charge in [0.05, 0.1) is 0 Å². The van der Waals surface area contributed by atoms with Gasteiger partial charge < -0.3 is 1.43 Å². The van der Waals surface area contributed by atoms with Crippen LogP contribution in [0.25, 0.3) is 0 Å². The van der Waals surface area contributed by atoms with Crippen molar-refractivity contribution in [3.8, 4) is 0 Å². The van der Waals surface area contributed by atoms with Gasteiger partial charge in [-0.25, -0.2) is 0 Å². The van der Waals surface area contributed by atoms with Crippen LogP contribution in [0.5, 0.6) is 0 Å². The van der Waals surface area contributed by atoms with Gasteiger partial charge in [0.2, 0.25) is 0 Å². The van der Waals surface area contributed by atoms with Crippen molar-refractivity contribution in [2.75, 3.05) is 0 Å². The van der Waals surface area contributed by atoms with E-state index in [9.17, 15) is 0 Å². The third-order valence-electron chi connectivity index (χ3n) is 0.577. The molecule has 0 saturated heterocycles. The average Bonchev–Trinajstić information content (AvgIpc) is 1.41.